The second-order valence-electron chi connectivity index (χ2n) is 4.90. The number of benzene rings is 1. The molecule has 0 aliphatic heterocycles. The summed E-state index contributed by atoms with van der Waals surface area (Å²) in [5, 5.41) is 0.946. The fraction of sp³-hybridized carbons (Fsp3) is 0.0625. The van der Waals surface area contributed by atoms with Crippen molar-refractivity contribution in [2.24, 2.45) is 0 Å². The van der Waals surface area contributed by atoms with E-state index >= 15 is 0 Å². The van der Waals surface area contributed by atoms with Crippen molar-refractivity contribution in [2.45, 2.75) is 6.92 Å². The van der Waals surface area contributed by atoms with Crippen LogP contribution in [-0.4, -0.2) is 21.8 Å². The van der Waals surface area contributed by atoms with Crippen LogP contribution in [0.15, 0.2) is 48.7 Å². The minimum atomic E-state index is -0.471. The molecule has 0 radical (unpaired) electrons. The van der Waals surface area contributed by atoms with Crippen LogP contribution in [-0.2, 0) is 0 Å². The molecule has 0 aliphatic carbocycles. The van der Waals surface area contributed by atoms with Crippen LogP contribution in [0, 0.1) is 6.92 Å². The van der Waals surface area contributed by atoms with Gasteiger partial charge in [0.05, 0.1) is 0 Å². The molecule has 3 rings (SSSR count). The molecule has 0 aliphatic rings. The largest absolute Gasteiger partial charge is 0.350 e. The summed E-state index contributed by atoms with van der Waals surface area (Å²) < 4.78 is 0. The number of aromatic nitrogens is 2. The average Bonchev–Trinajstić information content (AvgIpc) is 2.96. The molecule has 0 bridgehead atoms. The zero-order chi connectivity index (χ0) is 15.5. The highest BCUT2D eigenvalue weighted by atomic mass is 16.2. The van der Waals surface area contributed by atoms with Crippen LogP contribution in [0.4, 0.5) is 0 Å². The van der Waals surface area contributed by atoms with Gasteiger partial charge in [-0.3, -0.25) is 25.4 Å². The number of rotatable bonds is 2. The Bertz CT molecular complexity index is 840. The predicted octanol–water partition coefficient (Wildman–Crippen LogP) is 1.95. The Morgan fingerprint density at radius 3 is 2.64 bits per heavy atom. The summed E-state index contributed by atoms with van der Waals surface area (Å²) in [7, 11) is 0. The molecular weight excluding hydrogens is 280 g/mol. The van der Waals surface area contributed by atoms with Crippen LogP contribution < -0.4 is 10.9 Å². The van der Waals surface area contributed by atoms with Gasteiger partial charge in [0.1, 0.15) is 11.4 Å². The number of fused-ring (bicyclic) bond motifs is 1. The van der Waals surface area contributed by atoms with E-state index in [1.807, 2.05) is 25.1 Å². The highest BCUT2D eigenvalue weighted by Crippen LogP contribution is 2.16. The number of hydrogen-bond donors (Lipinski definition) is 3. The number of carbonyl (C=O) groups is 2. The molecule has 3 aromatic rings. The third-order valence-corrected chi connectivity index (χ3v) is 3.21. The van der Waals surface area contributed by atoms with Gasteiger partial charge < -0.3 is 4.98 Å². The molecule has 6 nitrogen and oxygen atoms in total. The van der Waals surface area contributed by atoms with Gasteiger partial charge in [-0.2, -0.15) is 0 Å². The van der Waals surface area contributed by atoms with E-state index in [2.05, 4.69) is 20.8 Å². The van der Waals surface area contributed by atoms with E-state index in [4.69, 9.17) is 0 Å². The predicted molar refractivity (Wildman–Crippen MR) is 82.2 cm³/mol. The molecule has 0 fully saturated rings. The first-order valence-electron chi connectivity index (χ1n) is 6.74. The lowest BCUT2D eigenvalue weighted by molar-refractivity contribution is 0.0842. The smallest absolute Gasteiger partial charge is 0.288 e. The number of nitrogens with one attached hydrogen (secondary N) is 3. The Labute approximate surface area is 126 Å². The second kappa shape index (κ2) is 5.69. The third-order valence-electron chi connectivity index (χ3n) is 3.21. The molecule has 3 N–H and O–H groups in total. The van der Waals surface area contributed by atoms with Gasteiger partial charge in [-0.25, -0.2) is 0 Å². The summed E-state index contributed by atoms with van der Waals surface area (Å²) in [4.78, 5) is 30.8. The van der Waals surface area contributed by atoms with Crippen LogP contribution in [0.1, 0.15) is 26.5 Å². The maximum atomic E-state index is 12.1. The van der Waals surface area contributed by atoms with Gasteiger partial charge in [0.15, 0.2) is 0 Å². The van der Waals surface area contributed by atoms with Crippen molar-refractivity contribution in [3.8, 4) is 0 Å². The number of carbonyl (C=O) groups excluding carboxylic acids is 2. The number of hydrogen-bond acceptors (Lipinski definition) is 3. The van der Waals surface area contributed by atoms with Crippen LogP contribution >= 0.6 is 0 Å². The Morgan fingerprint density at radius 1 is 1.05 bits per heavy atom. The molecule has 0 saturated heterocycles. The van der Waals surface area contributed by atoms with E-state index in [1.54, 1.807) is 24.3 Å². The normalized spacial score (nSPS) is 10.4. The number of pyridine rings is 1. The van der Waals surface area contributed by atoms with E-state index < -0.39 is 11.8 Å². The summed E-state index contributed by atoms with van der Waals surface area (Å²) in [5.41, 5.74) is 7.28. The van der Waals surface area contributed by atoms with E-state index in [0.717, 1.165) is 16.5 Å². The van der Waals surface area contributed by atoms with Gasteiger partial charge in [0, 0.05) is 17.1 Å². The maximum Gasteiger partial charge on any atom is 0.288 e. The van der Waals surface area contributed by atoms with Crippen molar-refractivity contribution in [3.63, 3.8) is 0 Å². The Kier molecular flexibility index (Phi) is 3.57. The minimum absolute atomic E-state index is 0.232. The van der Waals surface area contributed by atoms with E-state index in [0.29, 0.717) is 5.69 Å². The average molecular weight is 294 g/mol. The highest BCUT2D eigenvalue weighted by molar-refractivity contribution is 6.00. The second-order valence-corrected chi connectivity index (χ2v) is 4.90. The molecule has 0 atom stereocenters. The zero-order valence-corrected chi connectivity index (χ0v) is 11.9. The quantitative estimate of drug-likeness (QED) is 0.631. The van der Waals surface area contributed by atoms with Crippen molar-refractivity contribution in [1.82, 2.24) is 20.8 Å². The van der Waals surface area contributed by atoms with Crippen LogP contribution in [0.5, 0.6) is 0 Å². The third kappa shape index (κ3) is 2.80. The molecule has 0 unspecified atom stereocenters. The Morgan fingerprint density at radius 2 is 1.86 bits per heavy atom. The van der Waals surface area contributed by atoms with Crippen molar-refractivity contribution >= 4 is 22.7 Å². The standard InChI is InChI=1S/C16H14N4O2/c1-10-5-6-12-11(8-10)9-14(18-12)16(22)20-19-15(21)13-4-2-3-7-17-13/h2-9,18H,1H3,(H,19,21)(H,20,22). The van der Waals surface area contributed by atoms with Gasteiger partial charge >= 0.3 is 0 Å². The molecule has 0 spiro atoms. The number of aryl methyl sites for hydroxylation is 1. The lowest BCUT2D eigenvalue weighted by atomic mass is 10.2. The Balaban J connectivity index is 1.69. The number of nitrogens with zero attached hydrogens (tertiary/aromatic N) is 1. The molecule has 6 heteroatoms. The fourth-order valence-corrected chi connectivity index (χ4v) is 2.12. The number of amides is 2. The first-order valence-corrected chi connectivity index (χ1v) is 6.74. The lowest BCUT2D eigenvalue weighted by Crippen LogP contribution is -2.42. The summed E-state index contributed by atoms with van der Waals surface area (Å²) in [5.74, 6) is -0.890. The number of aromatic amines is 1. The van der Waals surface area contributed by atoms with Crippen molar-refractivity contribution in [3.05, 3.63) is 65.6 Å². The van der Waals surface area contributed by atoms with E-state index in [9.17, 15) is 9.59 Å². The van der Waals surface area contributed by atoms with E-state index in [-0.39, 0.29) is 5.69 Å². The van der Waals surface area contributed by atoms with Crippen molar-refractivity contribution < 1.29 is 9.59 Å². The van der Waals surface area contributed by atoms with Crippen molar-refractivity contribution in [1.29, 1.82) is 0 Å². The molecule has 1 aromatic carbocycles. The number of H-pyrrole nitrogens is 1. The summed E-state index contributed by atoms with van der Waals surface area (Å²) in [6.07, 6.45) is 1.51. The first-order chi connectivity index (χ1) is 10.6. The number of hydrazine groups is 1. The molecule has 2 amide bonds. The van der Waals surface area contributed by atoms with Gasteiger partial charge in [-0.1, -0.05) is 17.7 Å². The SMILES string of the molecule is Cc1ccc2[nH]c(C(=O)NNC(=O)c3ccccn3)cc2c1. The topological polar surface area (TPSA) is 86.9 Å². The van der Waals surface area contributed by atoms with Gasteiger partial charge in [-0.05, 0) is 37.3 Å². The minimum Gasteiger partial charge on any atom is -0.350 e. The van der Waals surface area contributed by atoms with Crippen LogP contribution in [0.3, 0.4) is 0 Å². The summed E-state index contributed by atoms with van der Waals surface area (Å²) in [6.45, 7) is 1.99. The molecular formula is C16H14N4O2. The summed E-state index contributed by atoms with van der Waals surface area (Å²) in [6, 6.07) is 12.6. The van der Waals surface area contributed by atoms with Crippen LogP contribution in [0.25, 0.3) is 10.9 Å². The fourth-order valence-electron chi connectivity index (χ4n) is 2.12. The molecule has 0 saturated carbocycles. The van der Waals surface area contributed by atoms with Gasteiger partial charge in [0.2, 0.25) is 0 Å². The van der Waals surface area contributed by atoms with E-state index in [1.165, 1.54) is 6.20 Å². The molecule has 110 valence electrons. The maximum absolute atomic E-state index is 12.1. The zero-order valence-electron chi connectivity index (χ0n) is 11.9. The van der Waals surface area contributed by atoms with Gasteiger partial charge in [-0.15, -0.1) is 0 Å². The molecule has 22 heavy (non-hydrogen) atoms. The molecule has 2 heterocycles. The van der Waals surface area contributed by atoms with Crippen molar-refractivity contribution in [2.75, 3.05) is 0 Å². The van der Waals surface area contributed by atoms with Gasteiger partial charge in [0.25, 0.3) is 11.8 Å². The summed E-state index contributed by atoms with van der Waals surface area (Å²) >= 11 is 0. The first kappa shape index (κ1) is 13.8. The lowest BCUT2D eigenvalue weighted by Gasteiger charge is -2.05. The highest BCUT2D eigenvalue weighted by Gasteiger charge is 2.12. The molecule has 2 aromatic heterocycles. The Hall–Kier alpha value is -3.15. The van der Waals surface area contributed by atoms with Crippen LogP contribution in [0.2, 0.25) is 0 Å². The monoisotopic (exact) mass is 294 g/mol.